The van der Waals surface area contributed by atoms with E-state index >= 15 is 0 Å². The number of nitrogens with zero attached hydrogens (tertiary/aromatic N) is 1. The minimum atomic E-state index is 0.465. The van der Waals surface area contributed by atoms with Crippen molar-refractivity contribution in [2.45, 2.75) is 6.42 Å². The van der Waals surface area contributed by atoms with Gasteiger partial charge in [-0.3, -0.25) is 4.98 Å². The summed E-state index contributed by atoms with van der Waals surface area (Å²) in [4.78, 5) is 4.10. The summed E-state index contributed by atoms with van der Waals surface area (Å²) in [5.41, 5.74) is 6.53. The molecule has 3 nitrogen and oxygen atoms in total. The van der Waals surface area contributed by atoms with Gasteiger partial charge < -0.3 is 10.5 Å². The second kappa shape index (κ2) is 6.05. The van der Waals surface area contributed by atoms with Gasteiger partial charge in [-0.05, 0) is 42.8 Å². The molecule has 0 aliphatic carbocycles. The van der Waals surface area contributed by atoms with E-state index in [1.54, 1.807) is 30.6 Å². The summed E-state index contributed by atoms with van der Waals surface area (Å²) in [6, 6.07) is 6.97. The number of nitrogens with two attached hydrogens (primary N) is 1. The van der Waals surface area contributed by atoms with E-state index in [2.05, 4.69) is 4.98 Å². The van der Waals surface area contributed by atoms with Gasteiger partial charge in [-0.1, -0.05) is 23.2 Å². The summed E-state index contributed by atoms with van der Waals surface area (Å²) in [6.07, 6.45) is 4.16. The summed E-state index contributed by atoms with van der Waals surface area (Å²) in [6.45, 7) is 0.576. The molecule has 2 N–H and O–H groups in total. The van der Waals surface area contributed by atoms with Gasteiger partial charge in [-0.25, -0.2) is 0 Å². The Morgan fingerprint density at radius 2 is 2.00 bits per heavy atom. The van der Waals surface area contributed by atoms with Crippen LogP contribution in [0.15, 0.2) is 36.7 Å². The smallest absolute Gasteiger partial charge is 0.146 e. The van der Waals surface area contributed by atoms with Crippen molar-refractivity contribution in [2.24, 2.45) is 5.73 Å². The highest BCUT2D eigenvalue weighted by Crippen LogP contribution is 2.31. The van der Waals surface area contributed by atoms with Gasteiger partial charge in [0.15, 0.2) is 0 Å². The van der Waals surface area contributed by atoms with Gasteiger partial charge in [0.2, 0.25) is 0 Å². The Hall–Kier alpha value is -1.29. The van der Waals surface area contributed by atoms with E-state index in [1.807, 2.05) is 6.07 Å². The number of aromatic nitrogens is 1. The van der Waals surface area contributed by atoms with Crippen LogP contribution < -0.4 is 10.5 Å². The molecule has 0 saturated carbocycles. The molecule has 5 heteroatoms. The first-order chi connectivity index (χ1) is 8.69. The van der Waals surface area contributed by atoms with Crippen LogP contribution in [0.25, 0.3) is 0 Å². The fourth-order valence-electron chi connectivity index (χ4n) is 1.51. The molecular weight excluding hydrogens is 271 g/mol. The van der Waals surface area contributed by atoms with Crippen molar-refractivity contribution in [3.8, 4) is 11.5 Å². The first-order valence-corrected chi connectivity index (χ1v) is 6.21. The van der Waals surface area contributed by atoms with E-state index in [0.717, 1.165) is 12.0 Å². The predicted molar refractivity (Wildman–Crippen MR) is 73.5 cm³/mol. The average Bonchev–Trinajstić information content (AvgIpc) is 2.34. The molecule has 0 saturated heterocycles. The van der Waals surface area contributed by atoms with E-state index in [4.69, 9.17) is 33.7 Å². The molecule has 94 valence electrons. The van der Waals surface area contributed by atoms with Gasteiger partial charge in [-0.15, -0.1) is 0 Å². The van der Waals surface area contributed by atoms with E-state index in [9.17, 15) is 0 Å². The van der Waals surface area contributed by atoms with Crippen LogP contribution in [0.2, 0.25) is 10.0 Å². The van der Waals surface area contributed by atoms with Crippen LogP contribution in [0.3, 0.4) is 0 Å². The van der Waals surface area contributed by atoms with Crippen LogP contribution in [0.4, 0.5) is 0 Å². The number of rotatable bonds is 4. The van der Waals surface area contributed by atoms with Crippen molar-refractivity contribution >= 4 is 23.2 Å². The molecule has 1 heterocycles. The molecule has 0 amide bonds. The van der Waals surface area contributed by atoms with Crippen LogP contribution in [-0.2, 0) is 6.42 Å². The zero-order chi connectivity index (χ0) is 13.0. The molecule has 0 spiro atoms. The molecule has 1 aromatic carbocycles. The van der Waals surface area contributed by atoms with Crippen molar-refractivity contribution in [1.82, 2.24) is 4.98 Å². The molecular formula is C13H12Cl2N2O. The average molecular weight is 283 g/mol. The number of hydrogen-bond donors (Lipinski definition) is 1. The first kappa shape index (κ1) is 13.1. The summed E-state index contributed by atoms with van der Waals surface area (Å²) in [7, 11) is 0. The number of pyridine rings is 1. The molecule has 1 aromatic heterocycles. The number of benzene rings is 1. The molecule has 0 fully saturated rings. The highest BCUT2D eigenvalue weighted by molar-refractivity contribution is 6.35. The van der Waals surface area contributed by atoms with Crippen molar-refractivity contribution in [2.75, 3.05) is 6.54 Å². The van der Waals surface area contributed by atoms with Crippen molar-refractivity contribution in [3.63, 3.8) is 0 Å². The monoisotopic (exact) mass is 282 g/mol. The van der Waals surface area contributed by atoms with Gasteiger partial charge in [0.05, 0.1) is 11.2 Å². The van der Waals surface area contributed by atoms with Crippen LogP contribution in [-0.4, -0.2) is 11.5 Å². The van der Waals surface area contributed by atoms with Crippen LogP contribution in [0.5, 0.6) is 11.5 Å². The fraction of sp³-hybridized carbons (Fsp3) is 0.154. The Bertz CT molecular complexity index is 546. The van der Waals surface area contributed by atoms with Crippen LogP contribution in [0, 0.1) is 0 Å². The lowest BCUT2D eigenvalue weighted by Gasteiger charge is -2.08. The summed E-state index contributed by atoms with van der Waals surface area (Å²) in [5, 5.41) is 1.04. The second-order valence-corrected chi connectivity index (χ2v) is 4.59. The zero-order valence-corrected chi connectivity index (χ0v) is 11.1. The maximum atomic E-state index is 6.03. The summed E-state index contributed by atoms with van der Waals surface area (Å²) in [5.74, 6) is 1.18. The van der Waals surface area contributed by atoms with Gasteiger partial charge in [0.25, 0.3) is 0 Å². The molecule has 0 aliphatic heterocycles. The molecule has 0 atom stereocenters. The van der Waals surface area contributed by atoms with E-state index in [-0.39, 0.29) is 0 Å². The number of hydrogen-bond acceptors (Lipinski definition) is 3. The Kier molecular flexibility index (Phi) is 4.42. The van der Waals surface area contributed by atoms with E-state index < -0.39 is 0 Å². The standard InChI is InChI=1S/C13H12Cl2N2O/c14-10-1-2-13(12(15)6-10)18-11-5-9(3-4-16)7-17-8-11/h1-2,5-8H,3-4,16H2. The lowest BCUT2D eigenvalue weighted by Crippen LogP contribution is -2.03. The third-order valence-corrected chi connectivity index (χ3v) is 2.86. The molecule has 18 heavy (non-hydrogen) atoms. The molecule has 2 rings (SSSR count). The van der Waals surface area contributed by atoms with Gasteiger partial charge >= 0.3 is 0 Å². The maximum absolute atomic E-state index is 6.03. The normalized spacial score (nSPS) is 10.4. The van der Waals surface area contributed by atoms with Crippen LogP contribution in [0.1, 0.15) is 5.56 Å². The maximum Gasteiger partial charge on any atom is 0.146 e. The third kappa shape index (κ3) is 3.35. The molecule has 0 unspecified atom stereocenters. The zero-order valence-electron chi connectivity index (χ0n) is 9.57. The van der Waals surface area contributed by atoms with Gasteiger partial charge in [0.1, 0.15) is 11.5 Å². The number of halogens is 2. The van der Waals surface area contributed by atoms with Gasteiger partial charge in [0, 0.05) is 11.2 Å². The molecule has 0 radical (unpaired) electrons. The lowest BCUT2D eigenvalue weighted by molar-refractivity contribution is 0.479. The topological polar surface area (TPSA) is 48.1 Å². The minimum Gasteiger partial charge on any atom is -0.454 e. The lowest BCUT2D eigenvalue weighted by atomic mass is 10.2. The first-order valence-electron chi connectivity index (χ1n) is 5.46. The second-order valence-electron chi connectivity index (χ2n) is 3.74. The Labute approximate surface area is 115 Å². The Balaban J connectivity index is 2.20. The fourth-order valence-corrected chi connectivity index (χ4v) is 1.95. The van der Waals surface area contributed by atoms with E-state index in [1.165, 1.54) is 0 Å². The SMILES string of the molecule is NCCc1cncc(Oc2ccc(Cl)cc2Cl)c1. The number of ether oxygens (including phenoxy) is 1. The quantitative estimate of drug-likeness (QED) is 0.931. The summed E-state index contributed by atoms with van der Waals surface area (Å²) >= 11 is 11.9. The highest BCUT2D eigenvalue weighted by atomic mass is 35.5. The highest BCUT2D eigenvalue weighted by Gasteiger charge is 2.05. The van der Waals surface area contributed by atoms with Gasteiger partial charge in [-0.2, -0.15) is 0 Å². The minimum absolute atomic E-state index is 0.465. The largest absolute Gasteiger partial charge is 0.454 e. The molecule has 2 aromatic rings. The Morgan fingerprint density at radius 3 is 2.72 bits per heavy atom. The van der Waals surface area contributed by atoms with Crippen molar-refractivity contribution < 1.29 is 4.74 Å². The third-order valence-electron chi connectivity index (χ3n) is 2.32. The van der Waals surface area contributed by atoms with Crippen molar-refractivity contribution in [3.05, 3.63) is 52.3 Å². The van der Waals surface area contributed by atoms with Crippen molar-refractivity contribution in [1.29, 1.82) is 0 Å². The molecule has 0 aliphatic rings. The Morgan fingerprint density at radius 1 is 1.17 bits per heavy atom. The predicted octanol–water partition coefficient (Wildman–Crippen LogP) is 3.68. The summed E-state index contributed by atoms with van der Waals surface area (Å²) < 4.78 is 5.66. The molecule has 0 bridgehead atoms. The van der Waals surface area contributed by atoms with Crippen LogP contribution >= 0.6 is 23.2 Å². The van der Waals surface area contributed by atoms with E-state index in [0.29, 0.717) is 28.1 Å².